The number of benzene rings is 1. The number of oxime groups is 1. The number of nitrogens with zero attached hydrogens (tertiary/aromatic N) is 6. The third-order valence-corrected chi connectivity index (χ3v) is 3.12. The Kier molecular flexibility index (Phi) is 4.47. The molecule has 11 nitrogen and oxygen atoms in total. The van der Waals surface area contributed by atoms with Gasteiger partial charge in [-0.1, -0.05) is 27.0 Å². The van der Waals surface area contributed by atoms with Gasteiger partial charge in [-0.05, 0) is 33.8 Å². The number of halogens is 2. The van der Waals surface area contributed by atoms with Crippen molar-refractivity contribution >= 4 is 29.1 Å². The Bertz CT molecular complexity index is 851. The van der Waals surface area contributed by atoms with Crippen LogP contribution in [-0.2, 0) is 6.54 Å². The van der Waals surface area contributed by atoms with Crippen LogP contribution in [0.5, 0.6) is 0 Å². The number of aromatic nitrogens is 6. The number of hydrogen-bond acceptors (Lipinski definition) is 9. The SMILES string of the molecule is O/N=C(/Nc1ccc(F)c(Cl)c1)c1nonc1CNc1nnn[nH]1. The van der Waals surface area contributed by atoms with Crippen LogP contribution in [0.3, 0.4) is 0 Å². The predicted octanol–water partition coefficient (Wildman–Crippen LogP) is 1.24. The van der Waals surface area contributed by atoms with Crippen LogP contribution in [0.25, 0.3) is 0 Å². The Hall–Kier alpha value is -3.28. The smallest absolute Gasteiger partial charge is 0.240 e. The lowest BCUT2D eigenvalue weighted by Crippen LogP contribution is -2.17. The first-order valence-corrected chi connectivity index (χ1v) is 6.78. The maximum atomic E-state index is 13.2. The van der Waals surface area contributed by atoms with Crippen molar-refractivity contribution < 1.29 is 14.2 Å². The first-order chi connectivity index (χ1) is 11.7. The summed E-state index contributed by atoms with van der Waals surface area (Å²) in [5, 5.41) is 38.2. The summed E-state index contributed by atoms with van der Waals surface area (Å²) in [5.41, 5.74) is 0.841. The fourth-order valence-electron chi connectivity index (χ4n) is 1.75. The average Bonchev–Trinajstić information content (AvgIpc) is 3.25. The Morgan fingerprint density at radius 3 is 3.00 bits per heavy atom. The molecule has 2 aromatic heterocycles. The first kappa shape index (κ1) is 15.6. The summed E-state index contributed by atoms with van der Waals surface area (Å²) in [6.07, 6.45) is 0. The third kappa shape index (κ3) is 3.38. The zero-order valence-corrected chi connectivity index (χ0v) is 12.5. The van der Waals surface area contributed by atoms with Gasteiger partial charge in [0.2, 0.25) is 11.8 Å². The molecular weight excluding hydrogens is 345 g/mol. The molecule has 0 radical (unpaired) electrons. The molecule has 24 heavy (non-hydrogen) atoms. The maximum Gasteiger partial charge on any atom is 0.240 e. The van der Waals surface area contributed by atoms with E-state index in [1.165, 1.54) is 18.2 Å². The van der Waals surface area contributed by atoms with Crippen molar-refractivity contribution in [3.8, 4) is 0 Å². The van der Waals surface area contributed by atoms with E-state index in [-0.39, 0.29) is 23.1 Å². The highest BCUT2D eigenvalue weighted by atomic mass is 35.5. The van der Waals surface area contributed by atoms with Crippen LogP contribution < -0.4 is 10.6 Å². The number of H-pyrrole nitrogens is 1. The fraction of sp³-hybridized carbons (Fsp3) is 0.0909. The monoisotopic (exact) mass is 353 g/mol. The lowest BCUT2D eigenvalue weighted by atomic mass is 10.2. The second-order valence-corrected chi connectivity index (χ2v) is 4.77. The lowest BCUT2D eigenvalue weighted by molar-refractivity contribution is 0.301. The van der Waals surface area contributed by atoms with Crippen LogP contribution in [0.15, 0.2) is 28.0 Å². The highest BCUT2D eigenvalue weighted by Crippen LogP contribution is 2.20. The van der Waals surface area contributed by atoms with E-state index in [0.717, 1.165) is 0 Å². The van der Waals surface area contributed by atoms with Crippen molar-refractivity contribution in [1.29, 1.82) is 0 Å². The summed E-state index contributed by atoms with van der Waals surface area (Å²) in [6, 6.07) is 3.91. The van der Waals surface area contributed by atoms with Crippen LogP contribution in [0.1, 0.15) is 11.4 Å². The Balaban J connectivity index is 1.76. The summed E-state index contributed by atoms with van der Waals surface area (Å²) >= 11 is 5.71. The van der Waals surface area contributed by atoms with Gasteiger partial charge >= 0.3 is 0 Å². The van der Waals surface area contributed by atoms with Crippen molar-refractivity contribution in [3.05, 3.63) is 40.4 Å². The molecule has 0 spiro atoms. The standard InChI is InChI=1S/C11H9ClFN9O2/c12-6-3-5(1-2-7(6)13)15-10(18-23)9-8(19-24-20-9)4-14-11-16-21-22-17-11/h1-3,23H,4H2,(H,15,18)(H2,14,16,17,21,22). The molecule has 3 rings (SSSR count). The number of nitrogens with one attached hydrogen (secondary N) is 3. The van der Waals surface area contributed by atoms with Gasteiger partial charge in [-0.3, -0.25) is 0 Å². The zero-order valence-electron chi connectivity index (χ0n) is 11.7. The number of amidine groups is 1. The molecule has 13 heteroatoms. The van der Waals surface area contributed by atoms with Crippen molar-refractivity contribution in [1.82, 2.24) is 30.9 Å². The van der Waals surface area contributed by atoms with Crippen molar-refractivity contribution in [2.45, 2.75) is 6.54 Å². The summed E-state index contributed by atoms with van der Waals surface area (Å²) in [4.78, 5) is 0. The van der Waals surface area contributed by atoms with Gasteiger partial charge in [0, 0.05) is 5.69 Å². The van der Waals surface area contributed by atoms with Crippen molar-refractivity contribution in [2.24, 2.45) is 5.16 Å². The van der Waals surface area contributed by atoms with Crippen LogP contribution in [0.2, 0.25) is 5.02 Å². The van der Waals surface area contributed by atoms with E-state index in [1.54, 1.807) is 0 Å². The van der Waals surface area contributed by atoms with E-state index in [0.29, 0.717) is 17.3 Å². The molecule has 0 aliphatic heterocycles. The Labute approximate surface area is 137 Å². The third-order valence-electron chi connectivity index (χ3n) is 2.83. The molecule has 0 unspecified atom stereocenters. The van der Waals surface area contributed by atoms with E-state index in [4.69, 9.17) is 11.6 Å². The molecule has 0 amide bonds. The van der Waals surface area contributed by atoms with E-state index in [2.05, 4.69) is 51.4 Å². The Morgan fingerprint density at radius 2 is 2.29 bits per heavy atom. The highest BCUT2D eigenvalue weighted by molar-refractivity contribution is 6.31. The molecular formula is C11H9ClFN9O2. The average molecular weight is 354 g/mol. The topological polar surface area (TPSA) is 150 Å². The molecule has 0 aliphatic carbocycles. The summed E-state index contributed by atoms with van der Waals surface area (Å²) in [6.45, 7) is 0.139. The minimum Gasteiger partial charge on any atom is -0.409 e. The van der Waals surface area contributed by atoms with Crippen LogP contribution in [0.4, 0.5) is 16.0 Å². The lowest BCUT2D eigenvalue weighted by Gasteiger charge is -2.07. The number of rotatable bonds is 5. The normalized spacial score (nSPS) is 11.5. The van der Waals surface area contributed by atoms with Crippen LogP contribution in [0, 0.1) is 5.82 Å². The quantitative estimate of drug-likeness (QED) is 0.230. The van der Waals surface area contributed by atoms with E-state index >= 15 is 0 Å². The summed E-state index contributed by atoms with van der Waals surface area (Å²) in [5.74, 6) is -0.325. The number of hydrogen-bond donors (Lipinski definition) is 4. The van der Waals surface area contributed by atoms with Crippen molar-refractivity contribution in [3.63, 3.8) is 0 Å². The summed E-state index contributed by atoms with van der Waals surface area (Å²) in [7, 11) is 0. The Morgan fingerprint density at radius 1 is 1.42 bits per heavy atom. The zero-order chi connectivity index (χ0) is 16.9. The molecule has 0 saturated carbocycles. The van der Waals surface area contributed by atoms with Gasteiger partial charge < -0.3 is 15.8 Å². The second-order valence-electron chi connectivity index (χ2n) is 4.37. The van der Waals surface area contributed by atoms with Gasteiger partial charge in [0.05, 0.1) is 11.6 Å². The minimum absolute atomic E-state index is 0.0635. The fourth-order valence-corrected chi connectivity index (χ4v) is 1.93. The van der Waals surface area contributed by atoms with Gasteiger partial charge in [-0.15, -0.1) is 0 Å². The van der Waals surface area contributed by atoms with Gasteiger partial charge in [0.1, 0.15) is 11.5 Å². The number of anilines is 2. The van der Waals surface area contributed by atoms with Gasteiger partial charge in [0.25, 0.3) is 0 Å². The number of tetrazole rings is 1. The minimum atomic E-state index is -0.571. The molecule has 124 valence electrons. The van der Waals surface area contributed by atoms with E-state index in [9.17, 15) is 9.60 Å². The molecule has 0 aliphatic rings. The molecule has 3 aromatic rings. The first-order valence-electron chi connectivity index (χ1n) is 6.41. The molecule has 0 saturated heterocycles. The summed E-state index contributed by atoms with van der Waals surface area (Å²) < 4.78 is 17.8. The van der Waals surface area contributed by atoms with Gasteiger partial charge in [0.15, 0.2) is 5.69 Å². The van der Waals surface area contributed by atoms with Crippen LogP contribution >= 0.6 is 11.6 Å². The molecule has 0 atom stereocenters. The van der Waals surface area contributed by atoms with Crippen LogP contribution in [-0.4, -0.2) is 42.0 Å². The van der Waals surface area contributed by atoms with Gasteiger partial charge in [-0.2, -0.15) is 0 Å². The van der Waals surface area contributed by atoms with E-state index in [1.807, 2.05) is 0 Å². The largest absolute Gasteiger partial charge is 0.409 e. The maximum absolute atomic E-state index is 13.2. The van der Waals surface area contributed by atoms with Gasteiger partial charge in [-0.25, -0.2) is 14.1 Å². The molecule has 0 fully saturated rings. The van der Waals surface area contributed by atoms with Crippen molar-refractivity contribution in [2.75, 3.05) is 10.6 Å². The number of aromatic amines is 1. The molecule has 4 N–H and O–H groups in total. The highest BCUT2D eigenvalue weighted by Gasteiger charge is 2.18. The van der Waals surface area contributed by atoms with E-state index < -0.39 is 5.82 Å². The molecule has 1 aromatic carbocycles. The predicted molar refractivity (Wildman–Crippen MR) is 79.2 cm³/mol. The second kappa shape index (κ2) is 6.87. The molecule has 0 bridgehead atoms. The molecule has 2 heterocycles.